The third-order valence-corrected chi connectivity index (χ3v) is 7.16. The molecule has 10 heteroatoms. The first-order valence-corrected chi connectivity index (χ1v) is 12.8. The predicted molar refractivity (Wildman–Crippen MR) is 142 cm³/mol. The first-order valence-electron chi connectivity index (χ1n) is 12.4. The van der Waals surface area contributed by atoms with Crippen LogP contribution >= 0.6 is 11.6 Å². The van der Waals surface area contributed by atoms with Crippen molar-refractivity contribution in [2.24, 2.45) is 0 Å². The molecular weight excluding hydrogens is 480 g/mol. The van der Waals surface area contributed by atoms with Crippen LogP contribution < -0.4 is 10.2 Å². The van der Waals surface area contributed by atoms with Gasteiger partial charge in [0.25, 0.3) is 0 Å². The number of pyridine rings is 1. The average Bonchev–Trinajstić information content (AvgIpc) is 3.30. The zero-order valence-electron chi connectivity index (χ0n) is 21.7. The monoisotopic (exact) mass is 516 g/mol. The number of fused-ring (bicyclic) bond motifs is 1. The van der Waals surface area contributed by atoms with Crippen molar-refractivity contribution in [3.8, 4) is 0 Å². The molecule has 2 aromatic rings. The van der Waals surface area contributed by atoms with Crippen LogP contribution in [0.5, 0.6) is 0 Å². The second kappa shape index (κ2) is 12.0. The Bertz CT molecular complexity index is 1120. The van der Waals surface area contributed by atoms with Crippen molar-refractivity contribution < 1.29 is 14.3 Å². The summed E-state index contributed by atoms with van der Waals surface area (Å²) in [6.45, 7) is 6.06. The number of halogens is 1. The van der Waals surface area contributed by atoms with E-state index >= 15 is 0 Å². The number of carbonyl (C=O) groups excluding carboxylic acids is 1. The molecule has 2 aliphatic rings. The van der Waals surface area contributed by atoms with E-state index in [4.69, 9.17) is 26.1 Å². The molecule has 1 unspecified atom stereocenters. The lowest BCUT2D eigenvalue weighted by molar-refractivity contribution is -0.121. The minimum Gasteiger partial charge on any atom is -0.500 e. The van der Waals surface area contributed by atoms with Crippen molar-refractivity contribution in [3.05, 3.63) is 52.8 Å². The molecule has 1 aliphatic carbocycles. The SMILES string of the molecule is COC1=CC(OC)=C(Cl)CC1c1cn2ccc(N3CCN(CCC(=O)NCCN(C)C)CC3)cc2n1. The van der Waals surface area contributed by atoms with Crippen LogP contribution in [0.4, 0.5) is 5.69 Å². The van der Waals surface area contributed by atoms with Gasteiger partial charge in [-0.1, -0.05) is 11.6 Å². The van der Waals surface area contributed by atoms with E-state index in [1.54, 1.807) is 14.2 Å². The number of likely N-dealkylation sites (N-methyl/N-ethyl adjacent to an activating group) is 1. The second-order valence-electron chi connectivity index (χ2n) is 9.53. The van der Waals surface area contributed by atoms with Gasteiger partial charge in [-0.2, -0.15) is 0 Å². The van der Waals surface area contributed by atoms with E-state index in [0.717, 1.165) is 62.1 Å². The van der Waals surface area contributed by atoms with E-state index in [-0.39, 0.29) is 11.8 Å². The quantitative estimate of drug-likeness (QED) is 0.520. The Hall–Kier alpha value is -2.75. The molecular formula is C26H37ClN6O3. The molecule has 0 spiro atoms. The van der Waals surface area contributed by atoms with E-state index in [1.165, 1.54) is 0 Å². The lowest BCUT2D eigenvalue weighted by atomic mass is 9.94. The van der Waals surface area contributed by atoms with Gasteiger partial charge in [-0.3, -0.25) is 9.69 Å². The van der Waals surface area contributed by atoms with Crippen molar-refractivity contribution in [2.45, 2.75) is 18.8 Å². The van der Waals surface area contributed by atoms with Crippen LogP contribution in [-0.4, -0.2) is 99.2 Å². The van der Waals surface area contributed by atoms with Gasteiger partial charge in [0.15, 0.2) is 0 Å². The number of methoxy groups -OCH3 is 2. The largest absolute Gasteiger partial charge is 0.500 e. The van der Waals surface area contributed by atoms with E-state index < -0.39 is 0 Å². The molecule has 1 aliphatic heterocycles. The number of ether oxygens (including phenoxy) is 2. The van der Waals surface area contributed by atoms with Crippen molar-refractivity contribution in [1.82, 2.24) is 24.5 Å². The molecule has 1 N–H and O–H groups in total. The predicted octanol–water partition coefficient (Wildman–Crippen LogP) is 2.64. The topological polar surface area (TPSA) is 74.6 Å². The number of aromatic nitrogens is 2. The number of carbonyl (C=O) groups is 1. The van der Waals surface area contributed by atoms with Gasteiger partial charge in [0.05, 0.1) is 30.9 Å². The molecule has 0 aromatic carbocycles. The van der Waals surface area contributed by atoms with Crippen molar-refractivity contribution in [2.75, 3.05) is 79.0 Å². The van der Waals surface area contributed by atoms with Gasteiger partial charge >= 0.3 is 0 Å². The molecule has 0 bridgehead atoms. The second-order valence-corrected chi connectivity index (χ2v) is 9.99. The smallest absolute Gasteiger partial charge is 0.221 e. The molecule has 4 rings (SSSR count). The first kappa shape index (κ1) is 26.3. The minimum absolute atomic E-state index is 0.0478. The summed E-state index contributed by atoms with van der Waals surface area (Å²) in [5.41, 5.74) is 2.97. The Morgan fingerprint density at radius 2 is 2.00 bits per heavy atom. The molecule has 0 saturated carbocycles. The van der Waals surface area contributed by atoms with Crippen LogP contribution in [0.15, 0.2) is 47.2 Å². The Kier molecular flexibility index (Phi) is 8.77. The lowest BCUT2D eigenvalue weighted by Gasteiger charge is -2.36. The number of hydrogen-bond acceptors (Lipinski definition) is 7. The lowest BCUT2D eigenvalue weighted by Crippen LogP contribution is -2.47. The van der Waals surface area contributed by atoms with Crippen molar-refractivity contribution in [3.63, 3.8) is 0 Å². The Morgan fingerprint density at radius 1 is 1.22 bits per heavy atom. The standard InChI is InChI=1S/C26H37ClN6O3/c1-30(2)10-7-28-26(34)6-8-31-11-13-32(14-12-31)19-5-9-33-18-22(29-25(33)15-19)20-16-21(27)24(36-4)17-23(20)35-3/h5,9,15,17-18,20H,6-8,10-14,16H2,1-4H3,(H,28,34). The maximum atomic E-state index is 12.1. The Labute approximate surface area is 218 Å². The first-order chi connectivity index (χ1) is 17.4. The highest BCUT2D eigenvalue weighted by molar-refractivity contribution is 6.30. The van der Waals surface area contributed by atoms with Gasteiger partial charge in [-0.05, 0) is 20.2 Å². The molecule has 0 radical (unpaired) electrons. The number of anilines is 1. The number of nitrogens with zero attached hydrogens (tertiary/aromatic N) is 5. The molecule has 1 atom stereocenters. The summed E-state index contributed by atoms with van der Waals surface area (Å²) in [4.78, 5) is 23.8. The number of rotatable bonds is 10. The number of nitrogens with one attached hydrogen (secondary N) is 1. The highest BCUT2D eigenvalue weighted by Crippen LogP contribution is 2.38. The fourth-order valence-electron chi connectivity index (χ4n) is 4.66. The van der Waals surface area contributed by atoms with Gasteiger partial charge in [-0.25, -0.2) is 4.98 Å². The maximum absolute atomic E-state index is 12.1. The summed E-state index contributed by atoms with van der Waals surface area (Å²) >= 11 is 6.45. The zero-order valence-corrected chi connectivity index (χ0v) is 22.4. The summed E-state index contributed by atoms with van der Waals surface area (Å²) < 4.78 is 13.0. The molecule has 196 valence electrons. The summed E-state index contributed by atoms with van der Waals surface area (Å²) in [6.07, 6.45) is 7.08. The summed E-state index contributed by atoms with van der Waals surface area (Å²) in [7, 11) is 7.28. The summed E-state index contributed by atoms with van der Waals surface area (Å²) in [5.74, 6) is 1.51. The number of hydrogen-bond donors (Lipinski definition) is 1. The van der Waals surface area contributed by atoms with E-state index in [9.17, 15) is 4.79 Å². The third-order valence-electron chi connectivity index (χ3n) is 6.82. The van der Waals surface area contributed by atoms with Crippen molar-refractivity contribution in [1.29, 1.82) is 0 Å². The number of piperazine rings is 1. The van der Waals surface area contributed by atoms with Crippen LogP contribution in [-0.2, 0) is 14.3 Å². The van der Waals surface area contributed by atoms with Gasteiger partial charge in [0, 0.05) is 88.9 Å². The Balaban J connectivity index is 1.34. The van der Waals surface area contributed by atoms with Crippen LogP contribution in [0.25, 0.3) is 5.65 Å². The fourth-order valence-corrected chi connectivity index (χ4v) is 4.95. The average molecular weight is 517 g/mol. The zero-order chi connectivity index (χ0) is 25.7. The summed E-state index contributed by atoms with van der Waals surface area (Å²) in [6, 6.07) is 4.27. The van der Waals surface area contributed by atoms with Crippen LogP contribution in [0.3, 0.4) is 0 Å². The summed E-state index contributed by atoms with van der Waals surface area (Å²) in [5, 5.41) is 3.66. The molecule has 1 saturated heterocycles. The molecule has 1 fully saturated rings. The number of imidazole rings is 1. The van der Waals surface area contributed by atoms with Crippen LogP contribution in [0.1, 0.15) is 24.5 Å². The molecule has 36 heavy (non-hydrogen) atoms. The van der Waals surface area contributed by atoms with Gasteiger partial charge < -0.3 is 29.0 Å². The number of allylic oxidation sites excluding steroid dienone is 3. The molecule has 3 heterocycles. The molecule has 9 nitrogen and oxygen atoms in total. The van der Waals surface area contributed by atoms with Gasteiger partial charge in [-0.15, -0.1) is 0 Å². The molecule has 1 amide bonds. The van der Waals surface area contributed by atoms with Crippen LogP contribution in [0, 0.1) is 0 Å². The highest BCUT2D eigenvalue weighted by Gasteiger charge is 2.28. The maximum Gasteiger partial charge on any atom is 0.221 e. The minimum atomic E-state index is -0.0478. The normalized spacial score (nSPS) is 19.1. The highest BCUT2D eigenvalue weighted by atomic mass is 35.5. The van der Waals surface area contributed by atoms with Crippen LogP contribution in [0.2, 0.25) is 0 Å². The Morgan fingerprint density at radius 3 is 2.69 bits per heavy atom. The van der Waals surface area contributed by atoms with E-state index in [2.05, 4.69) is 38.3 Å². The fraction of sp³-hybridized carbons (Fsp3) is 0.538. The third kappa shape index (κ3) is 6.32. The van der Waals surface area contributed by atoms with E-state index in [1.807, 2.05) is 30.8 Å². The van der Waals surface area contributed by atoms with Gasteiger partial charge in [0.2, 0.25) is 5.91 Å². The van der Waals surface area contributed by atoms with E-state index in [0.29, 0.717) is 30.2 Å². The molecule has 2 aromatic heterocycles. The van der Waals surface area contributed by atoms with Gasteiger partial charge in [0.1, 0.15) is 17.2 Å². The van der Waals surface area contributed by atoms with Crippen molar-refractivity contribution >= 4 is 28.8 Å². The number of amides is 1.